The lowest BCUT2D eigenvalue weighted by Crippen LogP contribution is -2.31. The molecule has 35 heavy (non-hydrogen) atoms. The number of hydrogen-bond donors (Lipinski definition) is 2. The first-order chi connectivity index (χ1) is 16.7. The monoisotopic (exact) mass is 496 g/mol. The number of aromatic amines is 1. The molecular weight excluding hydrogens is 468 g/mol. The highest BCUT2D eigenvalue weighted by atomic mass is 32.1. The molecule has 2 atom stereocenters. The van der Waals surface area contributed by atoms with Crippen LogP contribution in [-0.2, 0) is 27.1 Å². The van der Waals surface area contributed by atoms with Crippen molar-refractivity contribution in [3.05, 3.63) is 61.8 Å². The molecule has 3 aromatic rings. The van der Waals surface area contributed by atoms with E-state index in [9.17, 15) is 19.2 Å². The molecule has 8 nitrogen and oxygen atoms in total. The summed E-state index contributed by atoms with van der Waals surface area (Å²) in [5, 5.41) is 3.63. The van der Waals surface area contributed by atoms with Gasteiger partial charge in [-0.2, -0.15) is 0 Å². The van der Waals surface area contributed by atoms with Crippen LogP contribution < -0.4 is 10.7 Å². The third kappa shape index (κ3) is 5.14. The highest BCUT2D eigenvalue weighted by molar-refractivity contribution is 7.17. The number of H-pyrrole nitrogens is 1. The Kier molecular flexibility index (Phi) is 7.07. The van der Waals surface area contributed by atoms with Crippen LogP contribution in [0.2, 0.25) is 0 Å². The Bertz CT molecular complexity index is 1370. The summed E-state index contributed by atoms with van der Waals surface area (Å²) in [6, 6.07) is 6.45. The molecule has 0 spiro atoms. The van der Waals surface area contributed by atoms with Crippen LogP contribution in [0.25, 0.3) is 10.9 Å². The van der Waals surface area contributed by atoms with E-state index in [2.05, 4.69) is 17.2 Å². The molecule has 1 amide bonds. The van der Waals surface area contributed by atoms with Crippen LogP contribution in [0.1, 0.15) is 64.0 Å². The standard InChI is InChI=1S/C26H28N2O6S/c1-5-33-26(32)22-16-8-6-14(3)11-21(16)35-24(22)28-23(30)15(4)34-25(31)19-12-20(29)17-10-13(2)7-9-18(17)27-19/h7,9-10,12,14-15H,5-6,8,11H2,1-4H3,(H,27,29)(H,28,30)/t14-,15-/m0/s1. The van der Waals surface area contributed by atoms with Gasteiger partial charge in [-0.05, 0) is 63.6 Å². The summed E-state index contributed by atoms with van der Waals surface area (Å²) in [5.41, 5.74) is 2.39. The maximum absolute atomic E-state index is 12.9. The summed E-state index contributed by atoms with van der Waals surface area (Å²) >= 11 is 1.36. The summed E-state index contributed by atoms with van der Waals surface area (Å²) in [5.74, 6) is -1.37. The Morgan fingerprint density at radius 1 is 1.23 bits per heavy atom. The zero-order chi connectivity index (χ0) is 25.3. The van der Waals surface area contributed by atoms with Gasteiger partial charge >= 0.3 is 11.9 Å². The van der Waals surface area contributed by atoms with Crippen molar-refractivity contribution in [2.45, 2.75) is 53.1 Å². The fourth-order valence-corrected chi connectivity index (χ4v) is 5.62. The van der Waals surface area contributed by atoms with Crippen molar-refractivity contribution in [2.24, 2.45) is 5.92 Å². The number of amides is 1. The number of fused-ring (bicyclic) bond motifs is 2. The quantitative estimate of drug-likeness (QED) is 0.490. The van der Waals surface area contributed by atoms with Gasteiger partial charge in [0, 0.05) is 21.8 Å². The van der Waals surface area contributed by atoms with Gasteiger partial charge in [0.05, 0.1) is 12.2 Å². The van der Waals surface area contributed by atoms with Crippen molar-refractivity contribution < 1.29 is 23.9 Å². The summed E-state index contributed by atoms with van der Waals surface area (Å²) in [7, 11) is 0. The minimum atomic E-state index is -1.16. The van der Waals surface area contributed by atoms with Crippen molar-refractivity contribution in [1.82, 2.24) is 4.98 Å². The van der Waals surface area contributed by atoms with E-state index in [1.165, 1.54) is 24.3 Å². The zero-order valence-corrected chi connectivity index (χ0v) is 21.0. The molecular formula is C26H28N2O6S. The van der Waals surface area contributed by atoms with Crippen LogP contribution in [0, 0.1) is 12.8 Å². The number of aromatic nitrogens is 1. The normalized spacial score (nSPS) is 15.8. The SMILES string of the molecule is CCOC(=O)c1c(NC(=O)[C@H](C)OC(=O)c2cc(=O)c3cc(C)ccc3[nH]2)sc2c1CC[C@H](C)C2. The number of hydrogen-bond acceptors (Lipinski definition) is 7. The highest BCUT2D eigenvalue weighted by Gasteiger charge is 2.30. The van der Waals surface area contributed by atoms with E-state index in [4.69, 9.17) is 9.47 Å². The van der Waals surface area contributed by atoms with E-state index < -0.39 is 23.9 Å². The number of esters is 2. The van der Waals surface area contributed by atoms with Gasteiger partial charge in [0.2, 0.25) is 0 Å². The second kappa shape index (κ2) is 10.0. The van der Waals surface area contributed by atoms with Gasteiger partial charge < -0.3 is 19.8 Å². The number of thiophene rings is 1. The third-order valence-corrected chi connectivity index (χ3v) is 7.26. The van der Waals surface area contributed by atoms with Crippen LogP contribution in [0.5, 0.6) is 0 Å². The molecule has 2 heterocycles. The molecule has 4 rings (SSSR count). The summed E-state index contributed by atoms with van der Waals surface area (Å²) in [4.78, 5) is 54.7. The van der Waals surface area contributed by atoms with Gasteiger partial charge in [0.25, 0.3) is 5.91 Å². The zero-order valence-electron chi connectivity index (χ0n) is 20.2. The number of carbonyl (C=O) groups is 3. The molecule has 0 saturated heterocycles. The van der Waals surface area contributed by atoms with E-state index in [-0.39, 0.29) is 17.7 Å². The molecule has 1 aromatic carbocycles. The molecule has 0 fully saturated rings. The average Bonchev–Trinajstić information content (AvgIpc) is 3.16. The summed E-state index contributed by atoms with van der Waals surface area (Å²) in [6.07, 6.45) is 1.38. The number of nitrogens with one attached hydrogen (secondary N) is 2. The minimum Gasteiger partial charge on any atom is -0.462 e. The Morgan fingerprint density at radius 3 is 2.74 bits per heavy atom. The number of benzene rings is 1. The minimum absolute atomic E-state index is 0.0428. The molecule has 0 unspecified atom stereocenters. The van der Waals surface area contributed by atoms with Crippen molar-refractivity contribution in [3.8, 4) is 0 Å². The molecule has 1 aliphatic rings. The summed E-state index contributed by atoms with van der Waals surface area (Å²) in [6.45, 7) is 7.43. The first-order valence-corrected chi connectivity index (χ1v) is 12.5. The van der Waals surface area contributed by atoms with E-state index in [0.29, 0.717) is 27.4 Å². The van der Waals surface area contributed by atoms with Crippen molar-refractivity contribution in [3.63, 3.8) is 0 Å². The molecule has 2 N–H and O–H groups in total. The first kappa shape index (κ1) is 24.7. The van der Waals surface area contributed by atoms with Gasteiger partial charge in [-0.1, -0.05) is 18.6 Å². The largest absolute Gasteiger partial charge is 0.462 e. The van der Waals surface area contributed by atoms with Crippen LogP contribution in [0.15, 0.2) is 29.1 Å². The molecule has 184 valence electrons. The first-order valence-electron chi connectivity index (χ1n) is 11.6. The molecule has 9 heteroatoms. The lowest BCUT2D eigenvalue weighted by atomic mass is 9.88. The number of aryl methyl sites for hydroxylation is 1. The van der Waals surface area contributed by atoms with Crippen LogP contribution in [-0.4, -0.2) is 35.5 Å². The second-order valence-corrected chi connectivity index (χ2v) is 10.0. The topological polar surface area (TPSA) is 115 Å². The fraction of sp³-hybridized carbons (Fsp3) is 0.385. The Morgan fingerprint density at radius 2 is 2.00 bits per heavy atom. The maximum Gasteiger partial charge on any atom is 0.355 e. The Hall–Kier alpha value is -3.46. The molecule has 0 radical (unpaired) electrons. The molecule has 0 saturated carbocycles. The predicted octanol–water partition coefficient (Wildman–Crippen LogP) is 4.38. The lowest BCUT2D eigenvalue weighted by molar-refractivity contribution is -0.123. The highest BCUT2D eigenvalue weighted by Crippen LogP contribution is 2.40. The molecule has 1 aliphatic carbocycles. The molecule has 2 aromatic heterocycles. The van der Waals surface area contributed by atoms with Crippen LogP contribution in [0.4, 0.5) is 5.00 Å². The summed E-state index contributed by atoms with van der Waals surface area (Å²) < 4.78 is 10.6. The number of carbonyl (C=O) groups excluding carboxylic acids is 3. The number of pyridine rings is 1. The number of rotatable bonds is 6. The number of ether oxygens (including phenoxy) is 2. The van der Waals surface area contributed by atoms with Gasteiger partial charge in [0.15, 0.2) is 11.5 Å². The second-order valence-electron chi connectivity index (χ2n) is 8.91. The van der Waals surface area contributed by atoms with Crippen molar-refractivity contribution in [2.75, 3.05) is 11.9 Å². The fourth-order valence-electron chi connectivity index (χ4n) is 4.22. The Balaban J connectivity index is 1.52. The van der Waals surface area contributed by atoms with Crippen LogP contribution in [0.3, 0.4) is 0 Å². The van der Waals surface area contributed by atoms with Crippen LogP contribution >= 0.6 is 11.3 Å². The third-order valence-electron chi connectivity index (χ3n) is 6.09. The predicted molar refractivity (Wildman–Crippen MR) is 134 cm³/mol. The Labute approximate surface area is 206 Å². The van der Waals surface area contributed by atoms with E-state index in [1.807, 2.05) is 13.0 Å². The van der Waals surface area contributed by atoms with E-state index in [0.717, 1.165) is 35.3 Å². The maximum atomic E-state index is 12.9. The lowest BCUT2D eigenvalue weighted by Gasteiger charge is -2.18. The molecule has 0 bridgehead atoms. The van der Waals surface area contributed by atoms with Gasteiger partial charge in [0.1, 0.15) is 10.7 Å². The van der Waals surface area contributed by atoms with Gasteiger partial charge in [-0.15, -0.1) is 11.3 Å². The van der Waals surface area contributed by atoms with Crippen molar-refractivity contribution >= 4 is 45.1 Å². The van der Waals surface area contributed by atoms with E-state index in [1.54, 1.807) is 19.1 Å². The van der Waals surface area contributed by atoms with Gasteiger partial charge in [-0.25, -0.2) is 9.59 Å². The van der Waals surface area contributed by atoms with E-state index >= 15 is 0 Å². The smallest absolute Gasteiger partial charge is 0.355 e. The van der Waals surface area contributed by atoms with Gasteiger partial charge in [-0.3, -0.25) is 9.59 Å². The average molecular weight is 497 g/mol. The van der Waals surface area contributed by atoms with Crippen molar-refractivity contribution in [1.29, 1.82) is 0 Å². The molecule has 0 aliphatic heterocycles. The number of anilines is 1.